The van der Waals surface area contributed by atoms with E-state index in [4.69, 9.17) is 0 Å². The molecule has 0 aromatic carbocycles. The number of hydrogen-bond acceptors (Lipinski definition) is 2. The SMILES string of the molecule is CC(=O)[C@H]1CCC2[C@@H]3CCC4CC(=O)CC[C@]4(C)C3CC[C@@]21C. The molecule has 4 aliphatic rings. The highest BCUT2D eigenvalue weighted by atomic mass is 16.1. The lowest BCUT2D eigenvalue weighted by Gasteiger charge is -2.60. The zero-order chi connectivity index (χ0) is 16.4. The Bertz CT molecular complexity index is 538. The van der Waals surface area contributed by atoms with Gasteiger partial charge >= 0.3 is 0 Å². The number of carbonyl (C=O) groups excluding carboxylic acids is 2. The number of rotatable bonds is 1. The van der Waals surface area contributed by atoms with Crippen molar-refractivity contribution in [1.29, 1.82) is 0 Å². The Labute approximate surface area is 140 Å². The molecule has 2 nitrogen and oxygen atoms in total. The van der Waals surface area contributed by atoms with Crippen LogP contribution in [0.3, 0.4) is 0 Å². The first kappa shape index (κ1) is 15.8. The van der Waals surface area contributed by atoms with Gasteiger partial charge in [-0.1, -0.05) is 13.8 Å². The maximum absolute atomic E-state index is 12.2. The van der Waals surface area contributed by atoms with E-state index in [0.29, 0.717) is 28.8 Å². The van der Waals surface area contributed by atoms with Crippen molar-refractivity contribution in [1.82, 2.24) is 0 Å². The first-order chi connectivity index (χ1) is 10.9. The van der Waals surface area contributed by atoms with Gasteiger partial charge in [0.05, 0.1) is 0 Å². The molecule has 0 heterocycles. The minimum absolute atomic E-state index is 0.265. The molecule has 0 aromatic heterocycles. The molecule has 0 bridgehead atoms. The van der Waals surface area contributed by atoms with E-state index in [2.05, 4.69) is 13.8 Å². The molecule has 3 unspecified atom stereocenters. The van der Waals surface area contributed by atoms with Crippen LogP contribution in [0.15, 0.2) is 0 Å². The highest BCUT2D eigenvalue weighted by Gasteiger charge is 2.60. The summed E-state index contributed by atoms with van der Waals surface area (Å²) in [5.74, 6) is 4.25. The Balaban J connectivity index is 1.63. The molecular formula is C21H32O2. The van der Waals surface area contributed by atoms with E-state index < -0.39 is 0 Å². The normalized spacial score (nSPS) is 52.5. The molecule has 7 atom stereocenters. The van der Waals surface area contributed by atoms with Gasteiger partial charge in [-0.2, -0.15) is 0 Å². The van der Waals surface area contributed by atoms with Gasteiger partial charge in [0, 0.05) is 18.8 Å². The molecule has 2 heteroatoms. The Morgan fingerprint density at radius 3 is 2.43 bits per heavy atom. The topological polar surface area (TPSA) is 34.1 Å². The first-order valence-electron chi connectivity index (χ1n) is 9.88. The van der Waals surface area contributed by atoms with Crippen LogP contribution in [0.2, 0.25) is 0 Å². The molecule has 0 saturated heterocycles. The summed E-state index contributed by atoms with van der Waals surface area (Å²) in [5.41, 5.74) is 0.660. The van der Waals surface area contributed by atoms with Crippen LogP contribution in [-0.2, 0) is 9.59 Å². The van der Waals surface area contributed by atoms with Crippen molar-refractivity contribution in [3.63, 3.8) is 0 Å². The number of fused-ring (bicyclic) bond motifs is 5. The van der Waals surface area contributed by atoms with Gasteiger partial charge < -0.3 is 0 Å². The predicted octanol–water partition coefficient (Wildman–Crippen LogP) is 4.80. The fraction of sp³-hybridized carbons (Fsp3) is 0.905. The highest BCUT2D eigenvalue weighted by Crippen LogP contribution is 2.67. The third-order valence-electron chi connectivity index (χ3n) is 8.97. The third-order valence-corrected chi connectivity index (χ3v) is 8.97. The fourth-order valence-corrected chi connectivity index (χ4v) is 7.71. The lowest BCUT2D eigenvalue weighted by Crippen LogP contribution is -2.53. The van der Waals surface area contributed by atoms with Crippen LogP contribution in [-0.4, -0.2) is 11.6 Å². The highest BCUT2D eigenvalue weighted by molar-refractivity contribution is 5.80. The summed E-state index contributed by atoms with van der Waals surface area (Å²) in [6.07, 6.45) is 10.3. The summed E-state index contributed by atoms with van der Waals surface area (Å²) < 4.78 is 0. The zero-order valence-electron chi connectivity index (χ0n) is 15.1. The van der Waals surface area contributed by atoms with Gasteiger partial charge in [0.15, 0.2) is 0 Å². The van der Waals surface area contributed by atoms with Crippen molar-refractivity contribution in [2.24, 2.45) is 40.4 Å². The van der Waals surface area contributed by atoms with Crippen molar-refractivity contribution in [3.05, 3.63) is 0 Å². The summed E-state index contributed by atoms with van der Waals surface area (Å²) in [7, 11) is 0. The lowest BCUT2D eigenvalue weighted by molar-refractivity contribution is -0.143. The van der Waals surface area contributed by atoms with Crippen LogP contribution in [0.1, 0.15) is 78.6 Å². The number of carbonyl (C=O) groups is 2. The Kier molecular flexibility index (Phi) is 3.56. The van der Waals surface area contributed by atoms with Gasteiger partial charge in [0.1, 0.15) is 11.6 Å². The lowest BCUT2D eigenvalue weighted by atomic mass is 9.44. The van der Waals surface area contributed by atoms with E-state index in [1.54, 1.807) is 0 Å². The minimum Gasteiger partial charge on any atom is -0.300 e. The van der Waals surface area contributed by atoms with Crippen LogP contribution in [0, 0.1) is 40.4 Å². The average molecular weight is 316 g/mol. The Morgan fingerprint density at radius 2 is 1.70 bits per heavy atom. The van der Waals surface area contributed by atoms with E-state index >= 15 is 0 Å². The van der Waals surface area contributed by atoms with Crippen LogP contribution in [0.4, 0.5) is 0 Å². The van der Waals surface area contributed by atoms with Crippen LogP contribution >= 0.6 is 0 Å². The standard InChI is InChI=1S/C21H32O2/c1-13(22)17-6-7-18-16-5-4-14-12-15(23)8-10-20(14,2)19(16)9-11-21(17,18)3/h14,16-19H,4-12H2,1-3H3/t14?,16-,17+,18?,19?,20-,21+/m0/s1. The molecule has 0 aliphatic heterocycles. The van der Waals surface area contributed by atoms with E-state index in [0.717, 1.165) is 43.4 Å². The van der Waals surface area contributed by atoms with Crippen molar-refractivity contribution in [2.45, 2.75) is 78.6 Å². The number of ketones is 2. The smallest absolute Gasteiger partial charge is 0.133 e. The van der Waals surface area contributed by atoms with Gasteiger partial charge in [0.2, 0.25) is 0 Å². The molecule has 128 valence electrons. The van der Waals surface area contributed by atoms with Crippen molar-refractivity contribution < 1.29 is 9.59 Å². The van der Waals surface area contributed by atoms with Gasteiger partial charge in [-0.15, -0.1) is 0 Å². The minimum atomic E-state index is 0.265. The molecule has 0 aromatic rings. The molecule has 4 rings (SSSR count). The summed E-state index contributed by atoms with van der Waals surface area (Å²) in [4.78, 5) is 24.1. The number of Topliss-reactive ketones (excluding diaryl/α,β-unsaturated/α-hetero) is 2. The van der Waals surface area contributed by atoms with Gasteiger partial charge in [-0.25, -0.2) is 0 Å². The van der Waals surface area contributed by atoms with Gasteiger partial charge in [-0.3, -0.25) is 9.59 Å². The first-order valence-corrected chi connectivity index (χ1v) is 9.88. The summed E-state index contributed by atoms with van der Waals surface area (Å²) in [5, 5.41) is 0. The molecule has 0 radical (unpaired) electrons. The summed E-state index contributed by atoms with van der Waals surface area (Å²) in [6.45, 7) is 6.74. The Hall–Kier alpha value is -0.660. The van der Waals surface area contributed by atoms with Crippen LogP contribution in [0.5, 0.6) is 0 Å². The Morgan fingerprint density at radius 1 is 0.957 bits per heavy atom. The second kappa shape index (κ2) is 5.17. The fourth-order valence-electron chi connectivity index (χ4n) is 7.71. The quantitative estimate of drug-likeness (QED) is 0.696. The van der Waals surface area contributed by atoms with Crippen molar-refractivity contribution in [2.75, 3.05) is 0 Å². The van der Waals surface area contributed by atoms with E-state index in [1.807, 2.05) is 6.92 Å². The molecule has 4 fully saturated rings. The van der Waals surface area contributed by atoms with Crippen molar-refractivity contribution in [3.8, 4) is 0 Å². The van der Waals surface area contributed by atoms with Gasteiger partial charge in [-0.05, 0) is 86.4 Å². The second-order valence-corrected chi connectivity index (χ2v) is 9.68. The maximum Gasteiger partial charge on any atom is 0.133 e. The molecule has 4 saturated carbocycles. The van der Waals surface area contributed by atoms with Crippen molar-refractivity contribution >= 4 is 11.6 Å². The van der Waals surface area contributed by atoms with Crippen LogP contribution in [0.25, 0.3) is 0 Å². The summed E-state index contributed by atoms with van der Waals surface area (Å²) >= 11 is 0. The molecule has 0 amide bonds. The maximum atomic E-state index is 12.2. The molecule has 0 spiro atoms. The third kappa shape index (κ3) is 2.12. The summed E-state index contributed by atoms with van der Waals surface area (Å²) in [6, 6.07) is 0. The number of hydrogen-bond donors (Lipinski definition) is 0. The second-order valence-electron chi connectivity index (χ2n) is 9.68. The molecule has 4 aliphatic carbocycles. The molecular weight excluding hydrogens is 284 g/mol. The van der Waals surface area contributed by atoms with E-state index in [1.165, 1.54) is 32.1 Å². The molecule has 23 heavy (non-hydrogen) atoms. The average Bonchev–Trinajstić information content (AvgIpc) is 2.85. The predicted molar refractivity (Wildman–Crippen MR) is 90.9 cm³/mol. The van der Waals surface area contributed by atoms with E-state index in [-0.39, 0.29) is 5.41 Å². The molecule has 0 N–H and O–H groups in total. The zero-order valence-corrected chi connectivity index (χ0v) is 15.1. The largest absolute Gasteiger partial charge is 0.300 e. The van der Waals surface area contributed by atoms with E-state index in [9.17, 15) is 9.59 Å². The van der Waals surface area contributed by atoms with Crippen LogP contribution < -0.4 is 0 Å². The monoisotopic (exact) mass is 316 g/mol. The van der Waals surface area contributed by atoms with Gasteiger partial charge in [0.25, 0.3) is 0 Å².